The normalized spacial score (nSPS) is 9.83. The van der Waals surface area contributed by atoms with Crippen molar-refractivity contribution in [2.45, 2.75) is 5.33 Å². The number of carboxylic acid groups (broad SMARTS) is 1. The van der Waals surface area contributed by atoms with E-state index < -0.39 is 5.97 Å². The Bertz CT molecular complexity index is 312. The summed E-state index contributed by atoms with van der Waals surface area (Å²) in [6.07, 6.45) is 0. The Labute approximate surface area is 83.3 Å². The molecule has 0 bridgehead atoms. The van der Waals surface area contributed by atoms with Gasteiger partial charge in [-0.15, -0.1) is 0 Å². The lowest BCUT2D eigenvalue weighted by atomic mass is 10.1. The molecule has 0 aliphatic heterocycles. The molecule has 0 saturated heterocycles. The van der Waals surface area contributed by atoms with Crippen LogP contribution in [0.25, 0.3) is 0 Å². The summed E-state index contributed by atoms with van der Waals surface area (Å²) in [6, 6.07) is 4.62. The highest BCUT2D eigenvalue weighted by molar-refractivity contribution is 9.08. The molecule has 64 valence electrons. The summed E-state index contributed by atoms with van der Waals surface area (Å²) in [4.78, 5) is 10.5. The fraction of sp³-hybridized carbons (Fsp3) is 0.125. The van der Waals surface area contributed by atoms with Gasteiger partial charge in [-0.05, 0) is 23.8 Å². The van der Waals surface area contributed by atoms with E-state index in [2.05, 4.69) is 15.9 Å². The first-order chi connectivity index (χ1) is 5.65. The standard InChI is InChI=1S/C8H6BrClO2/c9-4-6-3-5(8(11)12)1-2-7(6)10/h1-3H,4H2,(H,11,12). The molecular formula is C8H6BrClO2. The molecule has 1 N–H and O–H groups in total. The summed E-state index contributed by atoms with van der Waals surface area (Å²) < 4.78 is 0. The SMILES string of the molecule is O=C(O)c1ccc(Cl)c(CBr)c1. The van der Waals surface area contributed by atoms with Gasteiger partial charge in [0.1, 0.15) is 0 Å². The minimum Gasteiger partial charge on any atom is -0.478 e. The third-order valence-electron chi connectivity index (χ3n) is 1.44. The van der Waals surface area contributed by atoms with Crippen LogP contribution in [0.2, 0.25) is 5.02 Å². The maximum Gasteiger partial charge on any atom is 0.335 e. The lowest BCUT2D eigenvalue weighted by molar-refractivity contribution is 0.0697. The molecular weight excluding hydrogens is 243 g/mol. The molecule has 0 heterocycles. The molecule has 0 unspecified atom stereocenters. The third kappa shape index (κ3) is 1.99. The molecule has 4 heteroatoms. The van der Waals surface area contributed by atoms with E-state index in [-0.39, 0.29) is 5.56 Å². The zero-order chi connectivity index (χ0) is 9.14. The Kier molecular flexibility index (Phi) is 3.12. The second kappa shape index (κ2) is 3.92. The lowest BCUT2D eigenvalue weighted by Gasteiger charge is -2.00. The summed E-state index contributed by atoms with van der Waals surface area (Å²) in [5.41, 5.74) is 1.05. The number of hydrogen-bond donors (Lipinski definition) is 1. The first-order valence-corrected chi connectivity index (χ1v) is 4.72. The Balaban J connectivity index is 3.13. The van der Waals surface area contributed by atoms with Crippen molar-refractivity contribution in [1.29, 1.82) is 0 Å². The Morgan fingerprint density at radius 1 is 1.58 bits per heavy atom. The molecule has 2 nitrogen and oxygen atoms in total. The van der Waals surface area contributed by atoms with Crippen LogP contribution in [0.4, 0.5) is 0 Å². The van der Waals surface area contributed by atoms with Crippen LogP contribution in [0, 0.1) is 0 Å². The summed E-state index contributed by atoms with van der Waals surface area (Å²) in [5.74, 6) is -0.936. The predicted octanol–water partition coefficient (Wildman–Crippen LogP) is 2.93. The average Bonchev–Trinajstić information content (AvgIpc) is 2.05. The lowest BCUT2D eigenvalue weighted by Crippen LogP contribution is -1.96. The zero-order valence-corrected chi connectivity index (χ0v) is 8.39. The second-order valence-corrected chi connectivity index (χ2v) is 3.21. The van der Waals surface area contributed by atoms with E-state index in [9.17, 15) is 4.79 Å². The smallest absolute Gasteiger partial charge is 0.335 e. The zero-order valence-electron chi connectivity index (χ0n) is 6.05. The molecule has 0 atom stereocenters. The van der Waals surface area contributed by atoms with Crippen molar-refractivity contribution in [2.75, 3.05) is 0 Å². The summed E-state index contributed by atoms with van der Waals surface area (Å²) >= 11 is 8.99. The maximum absolute atomic E-state index is 10.5. The molecule has 0 amide bonds. The maximum atomic E-state index is 10.5. The minimum absolute atomic E-state index is 0.258. The van der Waals surface area contributed by atoms with Gasteiger partial charge in [0, 0.05) is 10.4 Å². The molecule has 1 aromatic rings. The number of benzene rings is 1. The number of carbonyl (C=O) groups is 1. The van der Waals surface area contributed by atoms with Gasteiger partial charge in [-0.3, -0.25) is 0 Å². The van der Waals surface area contributed by atoms with Crippen molar-refractivity contribution < 1.29 is 9.90 Å². The molecule has 0 aromatic heterocycles. The van der Waals surface area contributed by atoms with Crippen molar-refractivity contribution in [2.24, 2.45) is 0 Å². The summed E-state index contributed by atoms with van der Waals surface area (Å²) in [6.45, 7) is 0. The number of carboxylic acids is 1. The first kappa shape index (κ1) is 9.55. The molecule has 0 spiro atoms. The first-order valence-electron chi connectivity index (χ1n) is 3.23. The number of alkyl halides is 1. The molecule has 0 aliphatic carbocycles. The van der Waals surface area contributed by atoms with E-state index in [1.807, 2.05) is 0 Å². The van der Waals surface area contributed by atoms with Crippen LogP contribution in [0.1, 0.15) is 15.9 Å². The van der Waals surface area contributed by atoms with Gasteiger partial charge in [0.15, 0.2) is 0 Å². The highest BCUT2D eigenvalue weighted by Gasteiger charge is 2.05. The molecule has 0 radical (unpaired) electrons. The number of aromatic carboxylic acids is 1. The Morgan fingerprint density at radius 2 is 2.25 bits per heavy atom. The van der Waals surface area contributed by atoms with Crippen LogP contribution in [0.5, 0.6) is 0 Å². The predicted molar refractivity (Wildman–Crippen MR) is 51.0 cm³/mol. The topological polar surface area (TPSA) is 37.3 Å². The van der Waals surface area contributed by atoms with E-state index in [0.717, 1.165) is 5.56 Å². The molecule has 1 rings (SSSR count). The van der Waals surface area contributed by atoms with E-state index in [4.69, 9.17) is 16.7 Å². The van der Waals surface area contributed by atoms with Crippen molar-refractivity contribution in [3.05, 3.63) is 34.3 Å². The Hall–Kier alpha value is -0.540. The van der Waals surface area contributed by atoms with Crippen molar-refractivity contribution in [3.63, 3.8) is 0 Å². The van der Waals surface area contributed by atoms with E-state index in [1.165, 1.54) is 6.07 Å². The number of rotatable bonds is 2. The quantitative estimate of drug-likeness (QED) is 0.818. The minimum atomic E-state index is -0.936. The van der Waals surface area contributed by atoms with Crippen molar-refractivity contribution >= 4 is 33.5 Å². The second-order valence-electron chi connectivity index (χ2n) is 2.24. The highest BCUT2D eigenvalue weighted by atomic mass is 79.9. The fourth-order valence-corrected chi connectivity index (χ4v) is 1.62. The molecule has 0 fully saturated rings. The van der Waals surface area contributed by atoms with Crippen molar-refractivity contribution in [3.8, 4) is 0 Å². The van der Waals surface area contributed by atoms with Gasteiger partial charge in [-0.1, -0.05) is 27.5 Å². The fourth-order valence-electron chi connectivity index (χ4n) is 0.810. The van der Waals surface area contributed by atoms with Crippen LogP contribution < -0.4 is 0 Å². The number of hydrogen-bond acceptors (Lipinski definition) is 1. The van der Waals surface area contributed by atoms with Crippen LogP contribution in [-0.4, -0.2) is 11.1 Å². The number of halogens is 2. The van der Waals surface area contributed by atoms with Crippen molar-refractivity contribution in [1.82, 2.24) is 0 Å². The molecule has 12 heavy (non-hydrogen) atoms. The largest absolute Gasteiger partial charge is 0.478 e. The summed E-state index contributed by atoms with van der Waals surface area (Å²) in [7, 11) is 0. The van der Waals surface area contributed by atoms with Crippen LogP contribution in [0.15, 0.2) is 18.2 Å². The van der Waals surface area contributed by atoms with Gasteiger partial charge in [-0.2, -0.15) is 0 Å². The van der Waals surface area contributed by atoms with Crippen LogP contribution in [-0.2, 0) is 5.33 Å². The van der Waals surface area contributed by atoms with E-state index in [0.29, 0.717) is 10.4 Å². The molecule has 0 saturated carbocycles. The van der Waals surface area contributed by atoms with Gasteiger partial charge in [0.05, 0.1) is 5.56 Å². The van der Waals surface area contributed by atoms with Crippen LogP contribution in [0.3, 0.4) is 0 Å². The Morgan fingerprint density at radius 3 is 2.75 bits per heavy atom. The monoisotopic (exact) mass is 248 g/mol. The molecule has 1 aromatic carbocycles. The van der Waals surface area contributed by atoms with E-state index >= 15 is 0 Å². The van der Waals surface area contributed by atoms with Crippen LogP contribution >= 0.6 is 27.5 Å². The van der Waals surface area contributed by atoms with Gasteiger partial charge < -0.3 is 5.11 Å². The molecule has 0 aliphatic rings. The van der Waals surface area contributed by atoms with E-state index in [1.54, 1.807) is 12.1 Å². The van der Waals surface area contributed by atoms with Gasteiger partial charge >= 0.3 is 5.97 Å². The average molecular weight is 249 g/mol. The third-order valence-corrected chi connectivity index (χ3v) is 2.41. The summed E-state index contributed by atoms with van der Waals surface area (Å²) in [5, 5.41) is 9.78. The highest BCUT2D eigenvalue weighted by Crippen LogP contribution is 2.19. The van der Waals surface area contributed by atoms with Gasteiger partial charge in [-0.25, -0.2) is 4.79 Å². The van der Waals surface area contributed by atoms with Gasteiger partial charge in [0.2, 0.25) is 0 Å². The van der Waals surface area contributed by atoms with Gasteiger partial charge in [0.25, 0.3) is 0 Å².